The molecule has 1 unspecified atom stereocenters. The van der Waals surface area contributed by atoms with E-state index in [0.29, 0.717) is 23.4 Å². The van der Waals surface area contributed by atoms with E-state index in [1.807, 2.05) is 42.5 Å². The second-order valence-electron chi connectivity index (χ2n) is 4.70. The van der Waals surface area contributed by atoms with Crippen LogP contribution in [-0.4, -0.2) is 23.2 Å². The van der Waals surface area contributed by atoms with Crippen molar-refractivity contribution in [3.05, 3.63) is 59.7 Å². The van der Waals surface area contributed by atoms with Gasteiger partial charge in [0.2, 0.25) is 10.7 Å². The summed E-state index contributed by atoms with van der Waals surface area (Å²) in [5.74, 6) is 0.268. The molecule has 0 aliphatic heterocycles. The van der Waals surface area contributed by atoms with Crippen LogP contribution in [0.25, 0.3) is 11.1 Å². The smallest absolute Gasteiger partial charge is 0.210 e. The van der Waals surface area contributed by atoms with E-state index in [2.05, 4.69) is 0 Å². The molecule has 0 amide bonds. The summed E-state index contributed by atoms with van der Waals surface area (Å²) in [5, 5.41) is 10.9. The van der Waals surface area contributed by atoms with Gasteiger partial charge < -0.3 is 10.8 Å². The number of halogens is 1. The zero-order valence-electron chi connectivity index (χ0n) is 11.3. The summed E-state index contributed by atoms with van der Waals surface area (Å²) >= 11 is 1.20. The van der Waals surface area contributed by atoms with Gasteiger partial charge in [-0.25, -0.2) is 0 Å². The van der Waals surface area contributed by atoms with Crippen LogP contribution in [0, 0.1) is 0 Å². The Morgan fingerprint density at radius 2 is 1.57 bits per heavy atom. The second-order valence-corrected chi connectivity index (χ2v) is 5.99. The summed E-state index contributed by atoms with van der Waals surface area (Å²) in [7, 11) is 0. The molecular formula is C16H16ClNO2S. The Balaban J connectivity index is 0.00000161. The van der Waals surface area contributed by atoms with E-state index >= 15 is 0 Å². The van der Waals surface area contributed by atoms with Crippen molar-refractivity contribution in [3.8, 4) is 11.1 Å². The van der Waals surface area contributed by atoms with Crippen molar-refractivity contribution in [2.75, 3.05) is 12.3 Å². The van der Waals surface area contributed by atoms with E-state index in [9.17, 15) is 9.90 Å². The number of aliphatic hydroxyl groups is 1. The summed E-state index contributed by atoms with van der Waals surface area (Å²) in [6, 6.07) is 14.9. The highest BCUT2D eigenvalue weighted by atomic mass is 35.5. The van der Waals surface area contributed by atoms with Crippen molar-refractivity contribution in [3.63, 3.8) is 0 Å². The predicted molar refractivity (Wildman–Crippen MR) is 88.9 cm³/mol. The van der Waals surface area contributed by atoms with E-state index in [-0.39, 0.29) is 18.2 Å². The fraction of sp³-hybridized carbons (Fsp3) is 0.188. The van der Waals surface area contributed by atoms with Gasteiger partial charge in [0.25, 0.3) is 0 Å². The molecule has 110 valence electrons. The molecule has 0 spiro atoms. The number of hydrogen-bond donors (Lipinski definition) is 2. The number of rotatable bonds is 3. The maximum atomic E-state index is 12.7. The van der Waals surface area contributed by atoms with Crippen LogP contribution in [0.15, 0.2) is 48.5 Å². The van der Waals surface area contributed by atoms with Gasteiger partial charge in [-0.15, -0.1) is 24.2 Å². The molecule has 2 aromatic rings. The molecule has 0 radical (unpaired) electrons. The van der Waals surface area contributed by atoms with Gasteiger partial charge in [0.1, 0.15) is 0 Å². The highest BCUT2D eigenvalue weighted by molar-refractivity contribution is 8.00. The Bertz CT molecular complexity index is 677. The van der Waals surface area contributed by atoms with Gasteiger partial charge >= 0.3 is 0 Å². The first kappa shape index (κ1) is 16.0. The third kappa shape index (κ3) is 2.49. The molecule has 1 aliphatic rings. The monoisotopic (exact) mass is 321 g/mol. The number of fused-ring (bicyclic) bond motifs is 3. The molecule has 0 saturated heterocycles. The minimum atomic E-state index is -1.54. The first-order valence-electron chi connectivity index (χ1n) is 6.48. The third-order valence-electron chi connectivity index (χ3n) is 3.49. The molecule has 0 aromatic heterocycles. The molecule has 0 bridgehead atoms. The topological polar surface area (TPSA) is 63.3 Å². The van der Waals surface area contributed by atoms with Crippen LogP contribution in [0.5, 0.6) is 0 Å². The Morgan fingerprint density at radius 3 is 2.24 bits per heavy atom. The van der Waals surface area contributed by atoms with E-state index in [0.717, 1.165) is 11.1 Å². The van der Waals surface area contributed by atoms with Crippen molar-refractivity contribution in [1.82, 2.24) is 0 Å². The fourth-order valence-corrected chi connectivity index (χ4v) is 3.57. The molecule has 3 N–H and O–H groups in total. The number of thioether (sulfide) groups is 1. The van der Waals surface area contributed by atoms with Crippen LogP contribution in [0.3, 0.4) is 0 Å². The largest absolute Gasteiger partial charge is 0.368 e. The lowest BCUT2D eigenvalue weighted by Crippen LogP contribution is -2.37. The second kappa shape index (κ2) is 6.20. The van der Waals surface area contributed by atoms with Crippen LogP contribution in [0.2, 0.25) is 0 Å². The fourth-order valence-electron chi connectivity index (χ4n) is 2.58. The molecule has 0 fully saturated rings. The first-order valence-corrected chi connectivity index (χ1v) is 7.47. The van der Waals surface area contributed by atoms with Crippen LogP contribution < -0.4 is 5.73 Å². The van der Waals surface area contributed by atoms with Crippen LogP contribution >= 0.6 is 24.2 Å². The Hall–Kier alpha value is -1.33. The third-order valence-corrected chi connectivity index (χ3v) is 4.75. The molecule has 21 heavy (non-hydrogen) atoms. The number of carbonyl (C=O) groups excluding carboxylic acids is 1. The molecule has 0 heterocycles. The number of nitrogens with two attached hydrogens (primary N) is 1. The predicted octanol–water partition coefficient (Wildman–Crippen LogP) is 2.81. The lowest BCUT2D eigenvalue weighted by Gasteiger charge is -2.33. The summed E-state index contributed by atoms with van der Waals surface area (Å²) in [6.07, 6.45) is 0. The van der Waals surface area contributed by atoms with Gasteiger partial charge in [-0.2, -0.15) is 0 Å². The van der Waals surface area contributed by atoms with Gasteiger partial charge in [0, 0.05) is 23.4 Å². The highest BCUT2D eigenvalue weighted by Gasteiger charge is 2.44. The highest BCUT2D eigenvalue weighted by Crippen LogP contribution is 2.47. The summed E-state index contributed by atoms with van der Waals surface area (Å²) in [5.41, 5.74) is 8.54. The summed E-state index contributed by atoms with van der Waals surface area (Å²) in [4.78, 5) is 11.2. The molecule has 3 nitrogen and oxygen atoms in total. The lowest BCUT2D eigenvalue weighted by molar-refractivity contribution is 0.0655. The number of ketones is 1. The molecular weight excluding hydrogens is 306 g/mol. The minimum absolute atomic E-state index is 0. The number of Topliss-reactive ketones (excluding diaryl/α,β-unsaturated/α-hetero) is 1. The van der Waals surface area contributed by atoms with Gasteiger partial charge in [-0.3, -0.25) is 4.79 Å². The van der Waals surface area contributed by atoms with Gasteiger partial charge in [-0.05, 0) is 11.1 Å². The van der Waals surface area contributed by atoms with Gasteiger partial charge in [0.05, 0.1) is 0 Å². The van der Waals surface area contributed by atoms with Gasteiger partial charge in [0.15, 0.2) is 0 Å². The van der Waals surface area contributed by atoms with E-state index < -0.39 is 4.93 Å². The molecule has 2 aromatic carbocycles. The van der Waals surface area contributed by atoms with Crippen molar-refractivity contribution in [1.29, 1.82) is 0 Å². The lowest BCUT2D eigenvalue weighted by atomic mass is 9.82. The average molecular weight is 322 g/mol. The van der Waals surface area contributed by atoms with Crippen LogP contribution in [0.1, 0.15) is 15.9 Å². The minimum Gasteiger partial charge on any atom is -0.368 e. The quantitative estimate of drug-likeness (QED) is 0.853. The average Bonchev–Trinajstić information content (AvgIpc) is 2.51. The van der Waals surface area contributed by atoms with Crippen LogP contribution in [0.4, 0.5) is 0 Å². The molecule has 1 aliphatic carbocycles. The Morgan fingerprint density at radius 1 is 1.00 bits per heavy atom. The Kier molecular flexibility index (Phi) is 4.74. The summed E-state index contributed by atoms with van der Waals surface area (Å²) < 4.78 is 0. The zero-order chi connectivity index (χ0) is 14.2. The maximum absolute atomic E-state index is 12.7. The van der Waals surface area contributed by atoms with E-state index in [4.69, 9.17) is 5.73 Å². The van der Waals surface area contributed by atoms with Crippen molar-refractivity contribution < 1.29 is 9.90 Å². The van der Waals surface area contributed by atoms with Crippen LogP contribution in [-0.2, 0) is 4.93 Å². The molecule has 3 rings (SSSR count). The molecule has 0 saturated carbocycles. The molecule has 5 heteroatoms. The summed E-state index contributed by atoms with van der Waals surface area (Å²) in [6.45, 7) is 0.421. The standard InChI is InChI=1S/C16H15NO2S.ClH/c17-9-10-20-16(19)14-8-4-3-6-12(14)11-5-1-2-7-13(11)15(16)18;/h1-8,19H,9-10,17H2;1H. The maximum Gasteiger partial charge on any atom is 0.210 e. The number of carbonyl (C=O) groups is 1. The number of benzene rings is 2. The molecule has 1 atom stereocenters. The van der Waals surface area contributed by atoms with E-state index in [1.165, 1.54) is 11.8 Å². The number of hydrogen-bond acceptors (Lipinski definition) is 4. The Labute approximate surface area is 134 Å². The first-order chi connectivity index (χ1) is 9.68. The normalized spacial score (nSPS) is 19.4. The van der Waals surface area contributed by atoms with Gasteiger partial charge in [-0.1, -0.05) is 48.5 Å². The van der Waals surface area contributed by atoms with Crippen molar-refractivity contribution >= 4 is 30.0 Å². The SMILES string of the molecule is Cl.NCCSC1(O)C(=O)c2ccccc2-c2ccccc21. The van der Waals surface area contributed by atoms with E-state index in [1.54, 1.807) is 6.07 Å². The van der Waals surface area contributed by atoms with Crippen molar-refractivity contribution in [2.45, 2.75) is 4.93 Å². The van der Waals surface area contributed by atoms with Crippen molar-refractivity contribution in [2.24, 2.45) is 5.73 Å². The zero-order valence-corrected chi connectivity index (χ0v) is 12.9.